The molecule has 2 unspecified atom stereocenters. The number of hydrogen-bond donors (Lipinski definition) is 1. The van der Waals surface area contributed by atoms with E-state index in [9.17, 15) is 10.1 Å². The van der Waals surface area contributed by atoms with Crippen LogP contribution in [0.1, 0.15) is 19.4 Å². The number of benzene rings is 1. The lowest BCUT2D eigenvalue weighted by Crippen LogP contribution is -2.52. The maximum Gasteiger partial charge on any atom is 0.160 e. The van der Waals surface area contributed by atoms with E-state index in [-0.39, 0.29) is 11.8 Å². The summed E-state index contributed by atoms with van der Waals surface area (Å²) in [6, 6.07) is 9.19. The van der Waals surface area contributed by atoms with Gasteiger partial charge in [-0.05, 0) is 43.2 Å². The molecule has 5 heteroatoms. The minimum Gasteiger partial charge on any atom is -0.497 e. The van der Waals surface area contributed by atoms with Crippen LogP contribution < -0.4 is 10.1 Å². The van der Waals surface area contributed by atoms with Gasteiger partial charge in [-0.3, -0.25) is 9.79 Å². The van der Waals surface area contributed by atoms with Crippen LogP contribution in [0.25, 0.3) is 5.57 Å². The second kappa shape index (κ2) is 6.02. The maximum absolute atomic E-state index is 12.3. The van der Waals surface area contributed by atoms with Crippen molar-refractivity contribution >= 4 is 17.2 Å². The Bertz CT molecular complexity index is 683. The van der Waals surface area contributed by atoms with Crippen molar-refractivity contribution in [3.63, 3.8) is 0 Å². The van der Waals surface area contributed by atoms with Crippen LogP contribution in [0.3, 0.4) is 0 Å². The van der Waals surface area contributed by atoms with Gasteiger partial charge in [-0.15, -0.1) is 0 Å². The number of carbonyl (C=O) groups excluding carboxylic acids is 1. The summed E-state index contributed by atoms with van der Waals surface area (Å²) in [5.74, 6) is 1.19. The van der Waals surface area contributed by atoms with E-state index in [0.29, 0.717) is 11.4 Å². The average Bonchev–Trinajstić information content (AvgIpc) is 2.54. The van der Waals surface area contributed by atoms with Crippen molar-refractivity contribution in [3.8, 4) is 11.8 Å². The zero-order valence-corrected chi connectivity index (χ0v) is 13.2. The highest BCUT2D eigenvalue weighted by atomic mass is 16.5. The molecule has 1 heterocycles. The SMILES string of the molecule is CN=C1C=C(c2ccc(OC)cc2)C(C#N)(C(C)=O)C(C)N1. The molecule has 2 atom stereocenters. The largest absolute Gasteiger partial charge is 0.497 e. The minimum atomic E-state index is -1.23. The minimum absolute atomic E-state index is 0.188. The first kappa shape index (κ1) is 15.8. The Kier molecular flexibility index (Phi) is 4.32. The molecule has 1 aromatic carbocycles. The summed E-state index contributed by atoms with van der Waals surface area (Å²) in [5.41, 5.74) is 0.243. The topological polar surface area (TPSA) is 74.5 Å². The molecule has 0 saturated carbocycles. The first-order chi connectivity index (χ1) is 10.5. The Hall–Kier alpha value is -2.61. The Morgan fingerprint density at radius 3 is 2.50 bits per heavy atom. The predicted molar refractivity (Wildman–Crippen MR) is 85.7 cm³/mol. The molecular formula is C17H19N3O2. The Morgan fingerprint density at radius 1 is 1.41 bits per heavy atom. The lowest BCUT2D eigenvalue weighted by atomic mass is 9.68. The number of amidine groups is 1. The Balaban J connectivity index is 2.66. The maximum atomic E-state index is 12.3. The number of carbonyl (C=O) groups is 1. The van der Waals surface area contributed by atoms with Gasteiger partial charge in [0.15, 0.2) is 11.2 Å². The lowest BCUT2D eigenvalue weighted by molar-refractivity contribution is -0.122. The molecule has 0 saturated heterocycles. The molecule has 0 fully saturated rings. The van der Waals surface area contributed by atoms with Crippen LogP contribution in [0.4, 0.5) is 0 Å². The van der Waals surface area contributed by atoms with Gasteiger partial charge in [0.1, 0.15) is 11.6 Å². The number of nitriles is 1. The molecule has 1 aromatic rings. The van der Waals surface area contributed by atoms with Gasteiger partial charge in [-0.2, -0.15) is 5.26 Å². The number of ketones is 1. The summed E-state index contributed by atoms with van der Waals surface area (Å²) in [6.45, 7) is 3.28. The van der Waals surface area contributed by atoms with Crippen LogP contribution >= 0.6 is 0 Å². The van der Waals surface area contributed by atoms with Crippen molar-refractivity contribution in [2.24, 2.45) is 10.4 Å². The van der Waals surface area contributed by atoms with E-state index in [1.807, 2.05) is 31.2 Å². The fraction of sp³-hybridized carbons (Fsp3) is 0.353. The van der Waals surface area contributed by atoms with Crippen molar-refractivity contribution in [3.05, 3.63) is 35.9 Å². The van der Waals surface area contributed by atoms with E-state index in [1.54, 1.807) is 20.2 Å². The van der Waals surface area contributed by atoms with E-state index in [2.05, 4.69) is 16.4 Å². The highest BCUT2D eigenvalue weighted by molar-refractivity contribution is 6.10. The van der Waals surface area contributed by atoms with E-state index in [0.717, 1.165) is 11.3 Å². The van der Waals surface area contributed by atoms with E-state index < -0.39 is 5.41 Å². The van der Waals surface area contributed by atoms with Gasteiger partial charge >= 0.3 is 0 Å². The number of ether oxygens (including phenoxy) is 1. The van der Waals surface area contributed by atoms with Crippen LogP contribution in [-0.4, -0.2) is 31.8 Å². The Labute approximate surface area is 130 Å². The van der Waals surface area contributed by atoms with Gasteiger partial charge in [-0.25, -0.2) is 0 Å². The van der Waals surface area contributed by atoms with Crippen molar-refractivity contribution in [2.45, 2.75) is 19.9 Å². The highest BCUT2D eigenvalue weighted by Crippen LogP contribution is 2.41. The number of rotatable bonds is 3. The van der Waals surface area contributed by atoms with Crippen LogP contribution in [-0.2, 0) is 4.79 Å². The molecule has 2 rings (SSSR count). The standard InChI is InChI=1S/C17H19N3O2/c1-11-17(10-18,12(2)21)15(9-16(19-3)20-11)13-5-7-14(22-4)8-6-13/h5-9,11H,1-4H3,(H,19,20). The molecule has 0 spiro atoms. The van der Waals surface area contributed by atoms with Crippen molar-refractivity contribution < 1.29 is 9.53 Å². The van der Waals surface area contributed by atoms with E-state index >= 15 is 0 Å². The summed E-state index contributed by atoms with van der Waals surface area (Å²) in [7, 11) is 3.27. The molecule has 0 bridgehead atoms. The van der Waals surface area contributed by atoms with E-state index in [4.69, 9.17) is 4.74 Å². The third-order valence-corrected chi connectivity index (χ3v) is 4.09. The number of aliphatic imine (C=N–C) groups is 1. The van der Waals surface area contributed by atoms with Crippen LogP contribution in [0, 0.1) is 16.7 Å². The number of Topliss-reactive ketones (excluding diaryl/α,β-unsaturated/α-hetero) is 1. The third-order valence-electron chi connectivity index (χ3n) is 4.09. The number of nitrogens with one attached hydrogen (secondary N) is 1. The van der Waals surface area contributed by atoms with Gasteiger partial charge in [-0.1, -0.05) is 12.1 Å². The molecule has 1 aliphatic heterocycles. The summed E-state index contributed by atoms with van der Waals surface area (Å²) >= 11 is 0. The molecule has 0 aromatic heterocycles. The molecular weight excluding hydrogens is 278 g/mol. The molecule has 22 heavy (non-hydrogen) atoms. The quantitative estimate of drug-likeness (QED) is 0.928. The van der Waals surface area contributed by atoms with Crippen LogP contribution in [0.2, 0.25) is 0 Å². The van der Waals surface area contributed by atoms with Gasteiger partial charge in [0.05, 0.1) is 19.2 Å². The van der Waals surface area contributed by atoms with Crippen molar-refractivity contribution in [1.29, 1.82) is 5.26 Å². The summed E-state index contributed by atoms with van der Waals surface area (Å²) < 4.78 is 5.16. The van der Waals surface area contributed by atoms with Gasteiger partial charge in [0, 0.05) is 7.05 Å². The molecule has 5 nitrogen and oxygen atoms in total. The molecule has 1 aliphatic rings. The molecule has 114 valence electrons. The molecule has 0 amide bonds. The van der Waals surface area contributed by atoms with Crippen LogP contribution in [0.5, 0.6) is 5.75 Å². The second-order valence-electron chi connectivity index (χ2n) is 5.24. The molecule has 0 radical (unpaired) electrons. The van der Waals surface area contributed by atoms with Gasteiger partial charge in [0.25, 0.3) is 0 Å². The summed E-state index contributed by atoms with van der Waals surface area (Å²) in [5, 5.41) is 12.9. The number of hydrogen-bond acceptors (Lipinski definition) is 4. The summed E-state index contributed by atoms with van der Waals surface area (Å²) in [6.07, 6.45) is 1.77. The zero-order chi connectivity index (χ0) is 16.3. The van der Waals surface area contributed by atoms with Crippen molar-refractivity contribution in [2.75, 3.05) is 14.2 Å². The third kappa shape index (κ3) is 2.37. The fourth-order valence-electron chi connectivity index (χ4n) is 2.80. The average molecular weight is 297 g/mol. The van der Waals surface area contributed by atoms with Gasteiger partial charge in [0.2, 0.25) is 0 Å². The first-order valence-electron chi connectivity index (χ1n) is 7.01. The van der Waals surface area contributed by atoms with Crippen molar-refractivity contribution in [1.82, 2.24) is 5.32 Å². The predicted octanol–water partition coefficient (Wildman–Crippen LogP) is 2.20. The monoisotopic (exact) mass is 297 g/mol. The summed E-state index contributed by atoms with van der Waals surface area (Å²) in [4.78, 5) is 16.4. The first-order valence-corrected chi connectivity index (χ1v) is 7.01. The molecule has 0 aliphatic carbocycles. The van der Waals surface area contributed by atoms with Crippen LogP contribution in [0.15, 0.2) is 35.3 Å². The normalized spacial score (nSPS) is 25.9. The fourth-order valence-corrected chi connectivity index (χ4v) is 2.80. The zero-order valence-electron chi connectivity index (χ0n) is 13.2. The number of nitrogens with zero attached hydrogens (tertiary/aromatic N) is 2. The van der Waals surface area contributed by atoms with Gasteiger partial charge < -0.3 is 10.1 Å². The lowest BCUT2D eigenvalue weighted by Gasteiger charge is -2.37. The number of methoxy groups -OCH3 is 1. The van der Waals surface area contributed by atoms with E-state index in [1.165, 1.54) is 6.92 Å². The Morgan fingerprint density at radius 2 is 2.05 bits per heavy atom. The smallest absolute Gasteiger partial charge is 0.160 e. The molecule has 1 N–H and O–H groups in total. The highest BCUT2D eigenvalue weighted by Gasteiger charge is 2.48. The second-order valence-corrected chi connectivity index (χ2v) is 5.24.